The highest BCUT2D eigenvalue weighted by Gasteiger charge is 2.37. The number of hydrogen-bond acceptors (Lipinski definition) is 5. The van der Waals surface area contributed by atoms with Crippen molar-refractivity contribution in [1.82, 2.24) is 0 Å². The van der Waals surface area contributed by atoms with E-state index < -0.39 is 59.7 Å². The third kappa shape index (κ3) is 21.1. The van der Waals surface area contributed by atoms with E-state index in [-0.39, 0.29) is 0 Å². The Morgan fingerprint density at radius 2 is 0.871 bits per heavy atom. The third-order valence-electron chi connectivity index (χ3n) is 3.52. The summed E-state index contributed by atoms with van der Waals surface area (Å²) < 4.78 is 30.5. The van der Waals surface area contributed by atoms with Crippen molar-refractivity contribution in [3.63, 3.8) is 0 Å². The Kier molecular flexibility index (Phi) is 13.7. The largest absolute Gasteiger partial charge is 0.439 e. The van der Waals surface area contributed by atoms with Crippen molar-refractivity contribution >= 4 is 59.7 Å². The van der Waals surface area contributed by atoms with Gasteiger partial charge in [0.15, 0.2) is 33.3 Å². The number of hydrogen-bond donors (Lipinski definition) is 0. The first kappa shape index (κ1) is 34.0. The summed E-state index contributed by atoms with van der Waals surface area (Å²) in [6, 6.07) is 0. The Labute approximate surface area is 202 Å². The SMILES string of the molecule is C=C[Si](C)(C)O[Si](C)(C)O[Si](C)(C)C=C.C[SiH](O[Si](C)(C)C)O[Si](C)(C)O[Si](C)(C)C. The van der Waals surface area contributed by atoms with Crippen LogP contribution in [0, 0.1) is 0 Å². The molecule has 0 radical (unpaired) electrons. The molecule has 31 heavy (non-hydrogen) atoms. The Bertz CT molecular complexity index is 543. The Morgan fingerprint density at radius 1 is 0.516 bits per heavy atom. The van der Waals surface area contributed by atoms with Crippen molar-refractivity contribution in [2.24, 2.45) is 0 Å². The molecule has 0 N–H and O–H groups in total. The quantitative estimate of drug-likeness (QED) is 0.246. The summed E-state index contributed by atoms with van der Waals surface area (Å²) in [4.78, 5) is 0. The Balaban J connectivity index is 0. The van der Waals surface area contributed by atoms with Crippen molar-refractivity contribution in [2.45, 2.75) is 98.2 Å². The second-order valence-electron chi connectivity index (χ2n) is 11.7. The molecule has 186 valence electrons. The third-order valence-corrected chi connectivity index (χ3v) is 25.8. The maximum Gasteiger partial charge on any atom is 0.312 e. The minimum Gasteiger partial charge on any atom is -0.439 e. The van der Waals surface area contributed by atoms with Gasteiger partial charge in [-0.05, 0) is 98.2 Å². The summed E-state index contributed by atoms with van der Waals surface area (Å²) >= 11 is 0. The highest BCUT2D eigenvalue weighted by atomic mass is 28.5. The van der Waals surface area contributed by atoms with Crippen LogP contribution in [-0.2, 0) is 20.6 Å². The summed E-state index contributed by atoms with van der Waals surface area (Å²) in [5.74, 6) is 0. The first-order valence-electron chi connectivity index (χ1n) is 11.1. The van der Waals surface area contributed by atoms with Gasteiger partial charge in [0.05, 0.1) is 0 Å². The van der Waals surface area contributed by atoms with Crippen molar-refractivity contribution in [3.05, 3.63) is 24.6 Å². The molecule has 0 bridgehead atoms. The molecule has 0 spiro atoms. The molecular formula is C19H52O5Si7. The van der Waals surface area contributed by atoms with Gasteiger partial charge in [-0.15, -0.1) is 13.2 Å². The summed E-state index contributed by atoms with van der Waals surface area (Å²) in [6.07, 6.45) is 0. The highest BCUT2D eigenvalue weighted by molar-refractivity contribution is 6.90. The van der Waals surface area contributed by atoms with Crippen LogP contribution >= 0.6 is 0 Å². The van der Waals surface area contributed by atoms with Crippen molar-refractivity contribution in [3.8, 4) is 0 Å². The summed E-state index contributed by atoms with van der Waals surface area (Å²) in [5, 5.41) is 0. The molecule has 0 aromatic carbocycles. The van der Waals surface area contributed by atoms with Gasteiger partial charge in [0.25, 0.3) is 9.28 Å². The van der Waals surface area contributed by atoms with E-state index in [9.17, 15) is 0 Å². The first-order chi connectivity index (χ1) is 13.3. The maximum atomic E-state index is 6.14. The lowest BCUT2D eigenvalue weighted by Gasteiger charge is -2.36. The normalized spacial score (nSPS) is 15.1. The van der Waals surface area contributed by atoms with Gasteiger partial charge in [-0.25, -0.2) is 0 Å². The van der Waals surface area contributed by atoms with Crippen LogP contribution in [0.25, 0.3) is 0 Å². The number of rotatable bonds is 12. The average molecular weight is 557 g/mol. The second-order valence-corrected chi connectivity index (χ2v) is 38.5. The predicted octanol–water partition coefficient (Wildman–Crippen LogP) is 6.84. The topological polar surface area (TPSA) is 46.2 Å². The minimum absolute atomic E-state index is 1.46. The standard InChI is InChI=1S/C10H24O2Si3.C9H28O3Si4/c1-9-13(3,4)11-15(7,8)12-14(5,6)10-2;1-13(10-14(2,3)4)11-16(8,9)12-15(5,6)7/h9-10H,1-2H2,3-8H3;13H,1-9H3. The van der Waals surface area contributed by atoms with Gasteiger partial charge in [-0.3, -0.25) is 0 Å². The van der Waals surface area contributed by atoms with Gasteiger partial charge in [0.2, 0.25) is 0 Å². The van der Waals surface area contributed by atoms with Crippen LogP contribution in [-0.4, -0.2) is 59.7 Å². The molecule has 5 nitrogen and oxygen atoms in total. The fraction of sp³-hybridized carbons (Fsp3) is 0.789. The van der Waals surface area contributed by atoms with Gasteiger partial charge >= 0.3 is 17.1 Å². The van der Waals surface area contributed by atoms with Crippen LogP contribution in [0.3, 0.4) is 0 Å². The summed E-state index contributed by atoms with van der Waals surface area (Å²) in [7, 11) is -12.0. The molecule has 0 amide bonds. The van der Waals surface area contributed by atoms with Crippen LogP contribution < -0.4 is 0 Å². The van der Waals surface area contributed by atoms with Crippen molar-refractivity contribution < 1.29 is 20.6 Å². The van der Waals surface area contributed by atoms with E-state index in [0.717, 1.165) is 0 Å². The van der Waals surface area contributed by atoms with E-state index in [0.29, 0.717) is 0 Å². The highest BCUT2D eigenvalue weighted by Crippen LogP contribution is 2.21. The smallest absolute Gasteiger partial charge is 0.312 e. The molecular weight excluding hydrogens is 505 g/mol. The van der Waals surface area contributed by atoms with E-state index in [1.54, 1.807) is 0 Å². The molecule has 1 unspecified atom stereocenters. The van der Waals surface area contributed by atoms with Crippen LogP contribution in [0.2, 0.25) is 98.2 Å². The Morgan fingerprint density at radius 3 is 1.13 bits per heavy atom. The Hall–Kier alpha value is 0.798. The van der Waals surface area contributed by atoms with E-state index in [4.69, 9.17) is 20.6 Å². The zero-order chi connectivity index (χ0) is 25.5. The second kappa shape index (κ2) is 12.5. The van der Waals surface area contributed by atoms with Gasteiger partial charge in [0, 0.05) is 0 Å². The zero-order valence-corrected chi connectivity index (χ0v) is 30.3. The van der Waals surface area contributed by atoms with Crippen LogP contribution in [0.5, 0.6) is 0 Å². The van der Waals surface area contributed by atoms with Gasteiger partial charge in [0.1, 0.15) is 0 Å². The van der Waals surface area contributed by atoms with E-state index in [2.05, 4.69) is 111 Å². The molecule has 1 atom stereocenters. The monoisotopic (exact) mass is 556 g/mol. The molecule has 0 aromatic heterocycles. The first-order valence-corrected chi connectivity index (χ1v) is 31.6. The summed E-state index contributed by atoms with van der Waals surface area (Å²) in [6.45, 7) is 40.0. The lowest BCUT2D eigenvalue weighted by molar-refractivity contribution is 0.352. The molecule has 0 heterocycles. The van der Waals surface area contributed by atoms with E-state index in [1.165, 1.54) is 0 Å². The predicted molar refractivity (Wildman–Crippen MR) is 155 cm³/mol. The van der Waals surface area contributed by atoms with E-state index in [1.807, 2.05) is 11.4 Å². The fourth-order valence-electron chi connectivity index (χ4n) is 3.05. The summed E-state index contributed by atoms with van der Waals surface area (Å²) in [5.41, 5.74) is 3.90. The fourth-order valence-corrected chi connectivity index (χ4v) is 28.7. The molecule has 12 heteroatoms. The van der Waals surface area contributed by atoms with Gasteiger partial charge in [-0.1, -0.05) is 11.4 Å². The average Bonchev–Trinajstić information content (AvgIpc) is 2.39. The van der Waals surface area contributed by atoms with Crippen LogP contribution in [0.15, 0.2) is 24.6 Å². The lowest BCUT2D eigenvalue weighted by Crippen LogP contribution is -2.51. The van der Waals surface area contributed by atoms with Crippen molar-refractivity contribution in [1.29, 1.82) is 0 Å². The molecule has 0 aliphatic rings. The maximum absolute atomic E-state index is 6.14. The van der Waals surface area contributed by atoms with Gasteiger partial charge < -0.3 is 20.6 Å². The van der Waals surface area contributed by atoms with Crippen LogP contribution in [0.1, 0.15) is 0 Å². The molecule has 0 aliphatic carbocycles. The molecule has 0 aromatic rings. The van der Waals surface area contributed by atoms with E-state index >= 15 is 0 Å². The minimum atomic E-state index is -2.04. The van der Waals surface area contributed by atoms with Gasteiger partial charge in [-0.2, -0.15) is 0 Å². The molecule has 0 saturated heterocycles. The van der Waals surface area contributed by atoms with Crippen LogP contribution in [0.4, 0.5) is 0 Å². The molecule has 0 fully saturated rings. The molecule has 0 aliphatic heterocycles. The lowest BCUT2D eigenvalue weighted by atomic mass is 11.3. The molecule has 0 rings (SSSR count). The molecule has 0 saturated carbocycles. The van der Waals surface area contributed by atoms with Crippen molar-refractivity contribution in [2.75, 3.05) is 0 Å². The zero-order valence-electron chi connectivity index (χ0n) is 23.2.